The summed E-state index contributed by atoms with van der Waals surface area (Å²) in [5.41, 5.74) is 0. The van der Waals surface area contributed by atoms with E-state index in [1.165, 1.54) is 4.90 Å². The summed E-state index contributed by atoms with van der Waals surface area (Å²) in [5.74, 6) is -0.224. The Hall–Kier alpha value is -1.24. The standard InChI is InChI=1S/C11H18N2O4S/c1-18-7-5-8-10(16)13(11(17)12-8)6-3-2-4-9(14)15/h8H,2-7H2,1H3,(H,12,17)(H,14,15). The number of unbranched alkanes of at least 4 members (excludes halogenated alkanes) is 1. The van der Waals surface area contributed by atoms with Crippen LogP contribution in [0, 0.1) is 0 Å². The van der Waals surface area contributed by atoms with Crippen molar-refractivity contribution in [1.82, 2.24) is 10.2 Å². The summed E-state index contributed by atoms with van der Waals surface area (Å²) in [7, 11) is 0. The van der Waals surface area contributed by atoms with Crippen molar-refractivity contribution >= 4 is 29.7 Å². The van der Waals surface area contributed by atoms with E-state index in [0.29, 0.717) is 25.8 Å². The van der Waals surface area contributed by atoms with Crippen molar-refractivity contribution in [1.29, 1.82) is 0 Å². The van der Waals surface area contributed by atoms with Gasteiger partial charge in [0.05, 0.1) is 0 Å². The van der Waals surface area contributed by atoms with Gasteiger partial charge in [0.1, 0.15) is 6.04 Å². The van der Waals surface area contributed by atoms with Crippen molar-refractivity contribution in [2.45, 2.75) is 31.7 Å². The molecule has 1 saturated heterocycles. The number of hydrogen-bond donors (Lipinski definition) is 2. The molecule has 0 aliphatic carbocycles. The minimum absolute atomic E-state index is 0.0690. The summed E-state index contributed by atoms with van der Waals surface area (Å²) in [5, 5.41) is 11.1. The van der Waals surface area contributed by atoms with Crippen LogP contribution in [0.15, 0.2) is 0 Å². The highest BCUT2D eigenvalue weighted by Gasteiger charge is 2.36. The zero-order chi connectivity index (χ0) is 13.5. The number of amides is 3. The van der Waals surface area contributed by atoms with E-state index in [4.69, 9.17) is 5.11 Å². The van der Waals surface area contributed by atoms with Crippen molar-refractivity contribution in [3.8, 4) is 0 Å². The Labute approximate surface area is 110 Å². The number of imide groups is 1. The SMILES string of the molecule is CSCCC1NC(=O)N(CCCCC(=O)O)C1=O. The van der Waals surface area contributed by atoms with Gasteiger partial charge in [0, 0.05) is 13.0 Å². The lowest BCUT2D eigenvalue weighted by molar-refractivity contribution is -0.137. The lowest BCUT2D eigenvalue weighted by Crippen LogP contribution is -2.32. The van der Waals surface area contributed by atoms with Crippen molar-refractivity contribution in [2.75, 3.05) is 18.6 Å². The molecule has 1 aliphatic heterocycles. The molecule has 1 unspecified atom stereocenters. The first-order valence-corrected chi connectivity index (χ1v) is 7.28. The molecule has 1 atom stereocenters. The summed E-state index contributed by atoms with van der Waals surface area (Å²) in [6, 6.07) is -0.772. The Morgan fingerprint density at radius 1 is 1.44 bits per heavy atom. The summed E-state index contributed by atoms with van der Waals surface area (Å²) in [4.78, 5) is 34.9. The lowest BCUT2D eigenvalue weighted by Gasteiger charge is -2.12. The van der Waals surface area contributed by atoms with E-state index in [2.05, 4.69) is 5.32 Å². The maximum Gasteiger partial charge on any atom is 0.324 e. The van der Waals surface area contributed by atoms with Crippen LogP contribution < -0.4 is 5.32 Å². The molecule has 1 heterocycles. The van der Waals surface area contributed by atoms with Crippen molar-refractivity contribution in [3.63, 3.8) is 0 Å². The maximum atomic E-state index is 11.9. The fourth-order valence-corrected chi connectivity index (χ4v) is 2.24. The van der Waals surface area contributed by atoms with Crippen LogP contribution >= 0.6 is 11.8 Å². The first-order valence-electron chi connectivity index (χ1n) is 5.89. The summed E-state index contributed by atoms with van der Waals surface area (Å²) in [6.45, 7) is 0.299. The highest BCUT2D eigenvalue weighted by Crippen LogP contribution is 2.12. The van der Waals surface area contributed by atoms with E-state index in [9.17, 15) is 14.4 Å². The molecule has 6 nitrogen and oxygen atoms in total. The topological polar surface area (TPSA) is 86.7 Å². The average molecular weight is 274 g/mol. The third-order valence-electron chi connectivity index (χ3n) is 2.74. The fraction of sp³-hybridized carbons (Fsp3) is 0.727. The number of carbonyl (C=O) groups is 3. The molecule has 3 amide bonds. The molecule has 0 aromatic carbocycles. The van der Waals surface area contributed by atoms with Crippen LogP contribution in [-0.2, 0) is 9.59 Å². The van der Waals surface area contributed by atoms with Crippen molar-refractivity contribution in [3.05, 3.63) is 0 Å². The van der Waals surface area contributed by atoms with Gasteiger partial charge in [-0.25, -0.2) is 4.79 Å². The van der Waals surface area contributed by atoms with Crippen molar-refractivity contribution < 1.29 is 19.5 Å². The van der Waals surface area contributed by atoms with E-state index in [-0.39, 0.29) is 18.4 Å². The molecule has 102 valence electrons. The third kappa shape index (κ3) is 4.21. The molecule has 0 bridgehead atoms. The van der Waals surface area contributed by atoms with E-state index < -0.39 is 12.0 Å². The monoisotopic (exact) mass is 274 g/mol. The molecule has 0 radical (unpaired) electrons. The number of urea groups is 1. The van der Waals surface area contributed by atoms with Gasteiger partial charge in [-0.15, -0.1) is 0 Å². The van der Waals surface area contributed by atoms with E-state index in [0.717, 1.165) is 5.75 Å². The first kappa shape index (κ1) is 14.8. The predicted molar refractivity (Wildman–Crippen MR) is 68.5 cm³/mol. The van der Waals surface area contributed by atoms with Crippen LogP contribution in [0.25, 0.3) is 0 Å². The largest absolute Gasteiger partial charge is 0.481 e. The smallest absolute Gasteiger partial charge is 0.324 e. The van der Waals surface area contributed by atoms with E-state index in [1.54, 1.807) is 11.8 Å². The predicted octanol–water partition coefficient (Wildman–Crippen LogP) is 0.915. The molecule has 7 heteroatoms. The number of carboxylic acid groups (broad SMARTS) is 1. The number of aliphatic carboxylic acids is 1. The van der Waals surface area contributed by atoms with Crippen molar-refractivity contribution in [2.24, 2.45) is 0 Å². The summed E-state index contributed by atoms with van der Waals surface area (Å²) < 4.78 is 0. The van der Waals surface area contributed by atoms with E-state index in [1.807, 2.05) is 6.26 Å². The Bertz CT molecular complexity index is 335. The number of carboxylic acids is 1. The van der Waals surface area contributed by atoms with Gasteiger partial charge in [0.15, 0.2) is 0 Å². The maximum absolute atomic E-state index is 11.9. The number of rotatable bonds is 8. The summed E-state index contributed by atoms with van der Waals surface area (Å²) in [6.07, 6.45) is 3.66. The molecule has 0 aromatic rings. The molecule has 18 heavy (non-hydrogen) atoms. The van der Waals surface area contributed by atoms with Crippen LogP contribution in [0.5, 0.6) is 0 Å². The Kier molecular flexibility index (Phi) is 5.97. The first-order chi connectivity index (χ1) is 8.56. The van der Waals surface area contributed by atoms with Gasteiger partial charge in [0.25, 0.3) is 5.91 Å². The van der Waals surface area contributed by atoms with Gasteiger partial charge in [-0.2, -0.15) is 11.8 Å². The Morgan fingerprint density at radius 2 is 2.17 bits per heavy atom. The van der Waals surface area contributed by atoms with Crippen LogP contribution in [0.2, 0.25) is 0 Å². The number of thioether (sulfide) groups is 1. The van der Waals surface area contributed by atoms with Gasteiger partial charge in [0.2, 0.25) is 0 Å². The number of hydrogen-bond acceptors (Lipinski definition) is 4. The molecule has 0 spiro atoms. The third-order valence-corrected chi connectivity index (χ3v) is 3.38. The molecule has 2 N–H and O–H groups in total. The average Bonchev–Trinajstić information content (AvgIpc) is 2.58. The van der Waals surface area contributed by atoms with Gasteiger partial charge < -0.3 is 10.4 Å². The van der Waals surface area contributed by atoms with Gasteiger partial charge in [-0.05, 0) is 31.3 Å². The zero-order valence-corrected chi connectivity index (χ0v) is 11.2. The second-order valence-corrected chi connectivity index (χ2v) is 5.11. The molecular weight excluding hydrogens is 256 g/mol. The summed E-state index contributed by atoms with van der Waals surface area (Å²) >= 11 is 1.63. The van der Waals surface area contributed by atoms with Crippen LogP contribution in [0.1, 0.15) is 25.7 Å². The quantitative estimate of drug-likeness (QED) is 0.507. The number of carbonyl (C=O) groups excluding carboxylic acids is 2. The van der Waals surface area contributed by atoms with Gasteiger partial charge >= 0.3 is 12.0 Å². The molecule has 1 fully saturated rings. The number of nitrogens with one attached hydrogen (secondary N) is 1. The van der Waals surface area contributed by atoms with E-state index >= 15 is 0 Å². The molecule has 1 aliphatic rings. The molecular formula is C11H18N2O4S. The lowest BCUT2D eigenvalue weighted by atomic mass is 10.2. The molecule has 0 saturated carbocycles. The fourth-order valence-electron chi connectivity index (χ4n) is 1.77. The van der Waals surface area contributed by atoms with Crippen LogP contribution in [0.3, 0.4) is 0 Å². The number of nitrogens with zero attached hydrogens (tertiary/aromatic N) is 1. The highest BCUT2D eigenvalue weighted by atomic mass is 32.2. The van der Waals surface area contributed by atoms with Crippen LogP contribution in [-0.4, -0.2) is 52.5 Å². The molecule has 0 aromatic heterocycles. The second-order valence-electron chi connectivity index (χ2n) is 4.12. The Balaban J connectivity index is 2.34. The minimum atomic E-state index is -0.856. The minimum Gasteiger partial charge on any atom is -0.481 e. The highest BCUT2D eigenvalue weighted by molar-refractivity contribution is 7.98. The normalized spacial score (nSPS) is 19.2. The van der Waals surface area contributed by atoms with Crippen LogP contribution in [0.4, 0.5) is 4.79 Å². The van der Waals surface area contributed by atoms with Gasteiger partial charge in [-0.1, -0.05) is 0 Å². The second kappa shape index (κ2) is 7.25. The van der Waals surface area contributed by atoms with Gasteiger partial charge in [-0.3, -0.25) is 14.5 Å². The molecule has 1 rings (SSSR count). The Morgan fingerprint density at radius 3 is 2.78 bits per heavy atom. The zero-order valence-electron chi connectivity index (χ0n) is 10.3.